The van der Waals surface area contributed by atoms with Crippen molar-refractivity contribution in [3.05, 3.63) is 54.6 Å². The highest BCUT2D eigenvalue weighted by Gasteiger charge is 2.13. The second-order valence-corrected chi connectivity index (χ2v) is 4.53. The van der Waals surface area contributed by atoms with Crippen LogP contribution in [-0.4, -0.2) is 26.1 Å². The molecule has 1 amide bonds. The van der Waals surface area contributed by atoms with Gasteiger partial charge in [0.05, 0.1) is 19.3 Å². The quantitative estimate of drug-likeness (QED) is 0.886. The molecule has 110 valence electrons. The molecule has 0 saturated heterocycles. The molecule has 0 unspecified atom stereocenters. The fourth-order valence-electron chi connectivity index (χ4n) is 2.17. The predicted molar refractivity (Wildman–Crippen MR) is 86.0 cm³/mol. The third kappa shape index (κ3) is 3.75. The largest absolute Gasteiger partial charge is 0.495 e. The molecular weight excluding hydrogens is 264 g/mol. The van der Waals surface area contributed by atoms with Crippen LogP contribution in [0, 0.1) is 0 Å². The fraction of sp³-hybridized carbons (Fsp3) is 0.235. The van der Waals surface area contributed by atoms with E-state index < -0.39 is 0 Å². The maximum Gasteiger partial charge on any atom is 0.246 e. The first-order valence-electron chi connectivity index (χ1n) is 6.98. The van der Waals surface area contributed by atoms with Crippen molar-refractivity contribution in [3.8, 4) is 5.75 Å². The van der Waals surface area contributed by atoms with Crippen molar-refractivity contribution in [1.82, 2.24) is 0 Å². The van der Waals surface area contributed by atoms with Gasteiger partial charge in [-0.1, -0.05) is 30.3 Å². The van der Waals surface area contributed by atoms with Crippen LogP contribution in [0.4, 0.5) is 11.4 Å². The molecule has 0 aliphatic heterocycles. The van der Waals surface area contributed by atoms with E-state index in [4.69, 9.17) is 4.74 Å². The van der Waals surface area contributed by atoms with E-state index in [0.717, 1.165) is 17.1 Å². The lowest BCUT2D eigenvalue weighted by Gasteiger charge is -2.21. The Morgan fingerprint density at radius 1 is 1.10 bits per heavy atom. The highest BCUT2D eigenvalue weighted by Crippen LogP contribution is 2.23. The van der Waals surface area contributed by atoms with Gasteiger partial charge < -0.3 is 15.0 Å². The minimum atomic E-state index is 0.0228. The van der Waals surface area contributed by atoms with Crippen LogP contribution < -0.4 is 15.0 Å². The number of anilines is 2. The van der Waals surface area contributed by atoms with Gasteiger partial charge in [0.25, 0.3) is 0 Å². The average Bonchev–Trinajstić information content (AvgIpc) is 2.55. The minimum Gasteiger partial charge on any atom is -0.495 e. The highest BCUT2D eigenvalue weighted by molar-refractivity contribution is 5.96. The summed E-state index contributed by atoms with van der Waals surface area (Å²) in [5.74, 6) is 0.752. The molecule has 21 heavy (non-hydrogen) atoms. The normalized spacial score (nSPS) is 10.0. The van der Waals surface area contributed by atoms with Gasteiger partial charge in [0.15, 0.2) is 0 Å². The van der Waals surface area contributed by atoms with E-state index in [9.17, 15) is 4.79 Å². The monoisotopic (exact) mass is 284 g/mol. The lowest BCUT2D eigenvalue weighted by molar-refractivity contribution is -0.116. The van der Waals surface area contributed by atoms with E-state index in [-0.39, 0.29) is 12.5 Å². The first-order valence-corrected chi connectivity index (χ1v) is 6.98. The Morgan fingerprint density at radius 2 is 1.76 bits per heavy atom. The van der Waals surface area contributed by atoms with Crippen LogP contribution in [-0.2, 0) is 4.79 Å². The van der Waals surface area contributed by atoms with E-state index >= 15 is 0 Å². The third-order valence-corrected chi connectivity index (χ3v) is 3.22. The van der Waals surface area contributed by atoms with Gasteiger partial charge in [-0.25, -0.2) is 0 Å². The third-order valence-electron chi connectivity index (χ3n) is 3.22. The molecule has 0 aliphatic rings. The van der Waals surface area contributed by atoms with Crippen molar-refractivity contribution >= 4 is 17.3 Å². The molecule has 4 nitrogen and oxygen atoms in total. The molecule has 2 rings (SSSR count). The van der Waals surface area contributed by atoms with Gasteiger partial charge in [-0.15, -0.1) is 0 Å². The number of carbonyl (C=O) groups excluding carboxylic acids is 1. The molecule has 0 heterocycles. The molecule has 2 aromatic rings. The van der Waals surface area contributed by atoms with Crippen molar-refractivity contribution in [1.29, 1.82) is 0 Å². The second kappa shape index (κ2) is 7.33. The summed E-state index contributed by atoms with van der Waals surface area (Å²) in [7, 11) is 1.62. The zero-order chi connectivity index (χ0) is 15.1. The first kappa shape index (κ1) is 14.9. The van der Waals surface area contributed by atoms with Crippen molar-refractivity contribution in [3.63, 3.8) is 0 Å². The van der Waals surface area contributed by atoms with E-state index in [1.54, 1.807) is 12.0 Å². The Kier molecular flexibility index (Phi) is 5.21. The van der Waals surface area contributed by atoms with Gasteiger partial charge in [0.2, 0.25) is 5.91 Å². The highest BCUT2D eigenvalue weighted by atomic mass is 16.5. The number of hydrogen-bond acceptors (Lipinski definition) is 3. The second-order valence-electron chi connectivity index (χ2n) is 4.53. The van der Waals surface area contributed by atoms with Crippen molar-refractivity contribution in [2.75, 3.05) is 30.4 Å². The summed E-state index contributed by atoms with van der Waals surface area (Å²) in [6, 6.07) is 17.2. The van der Waals surface area contributed by atoms with Crippen LogP contribution in [0.5, 0.6) is 5.75 Å². The van der Waals surface area contributed by atoms with E-state index in [2.05, 4.69) is 5.32 Å². The van der Waals surface area contributed by atoms with Gasteiger partial charge in [0.1, 0.15) is 5.75 Å². The molecule has 2 aromatic carbocycles. The van der Waals surface area contributed by atoms with Gasteiger partial charge >= 0.3 is 0 Å². The molecule has 0 radical (unpaired) electrons. The summed E-state index contributed by atoms with van der Waals surface area (Å²) in [5.41, 5.74) is 1.73. The van der Waals surface area contributed by atoms with Crippen LogP contribution in [0.2, 0.25) is 0 Å². The topological polar surface area (TPSA) is 41.6 Å². The van der Waals surface area contributed by atoms with E-state index in [1.165, 1.54) is 0 Å². The molecule has 4 heteroatoms. The van der Waals surface area contributed by atoms with Crippen LogP contribution in [0.25, 0.3) is 0 Å². The Hall–Kier alpha value is -2.49. The number of hydrogen-bond donors (Lipinski definition) is 1. The smallest absolute Gasteiger partial charge is 0.246 e. The minimum absolute atomic E-state index is 0.0228. The zero-order valence-electron chi connectivity index (χ0n) is 12.4. The summed E-state index contributed by atoms with van der Waals surface area (Å²) < 4.78 is 5.26. The number of nitrogens with zero attached hydrogens (tertiary/aromatic N) is 1. The number of benzene rings is 2. The number of para-hydroxylation sites is 3. The molecule has 0 spiro atoms. The number of amides is 1. The summed E-state index contributed by atoms with van der Waals surface area (Å²) in [5, 5.41) is 3.13. The molecule has 1 N–H and O–H groups in total. The zero-order valence-corrected chi connectivity index (χ0v) is 12.4. The van der Waals surface area contributed by atoms with Crippen molar-refractivity contribution in [2.45, 2.75) is 6.92 Å². The average molecular weight is 284 g/mol. The summed E-state index contributed by atoms with van der Waals surface area (Å²) in [6.07, 6.45) is 0. The van der Waals surface area contributed by atoms with Crippen LogP contribution >= 0.6 is 0 Å². The number of nitrogens with one attached hydrogen (secondary N) is 1. The number of ether oxygens (including phenoxy) is 1. The van der Waals surface area contributed by atoms with Crippen LogP contribution in [0.3, 0.4) is 0 Å². The van der Waals surface area contributed by atoms with Crippen molar-refractivity contribution < 1.29 is 9.53 Å². The number of likely N-dealkylation sites (N-methyl/N-ethyl adjacent to an activating group) is 1. The maximum absolute atomic E-state index is 12.4. The van der Waals surface area contributed by atoms with E-state index in [1.807, 2.05) is 61.5 Å². The Labute approximate surface area is 125 Å². The first-order chi connectivity index (χ1) is 10.3. The van der Waals surface area contributed by atoms with Crippen molar-refractivity contribution in [2.24, 2.45) is 0 Å². The number of methoxy groups -OCH3 is 1. The Morgan fingerprint density at radius 3 is 2.43 bits per heavy atom. The lowest BCUT2D eigenvalue weighted by Crippen LogP contribution is -2.35. The standard InChI is InChI=1S/C17H20N2O2/c1-3-19(14-9-5-4-6-10-14)17(20)13-18-15-11-7-8-12-16(15)21-2/h4-12,18H,3,13H2,1-2H3. The Bertz CT molecular complexity index is 584. The molecule has 0 saturated carbocycles. The van der Waals surface area contributed by atoms with Gasteiger partial charge in [-0.05, 0) is 31.2 Å². The van der Waals surface area contributed by atoms with E-state index in [0.29, 0.717) is 6.54 Å². The Balaban J connectivity index is 2.03. The number of rotatable bonds is 6. The summed E-state index contributed by atoms with van der Waals surface area (Å²) in [6.45, 7) is 2.83. The number of carbonyl (C=O) groups is 1. The SMILES string of the molecule is CCN(C(=O)CNc1ccccc1OC)c1ccccc1. The molecular formula is C17H20N2O2. The molecule has 0 aromatic heterocycles. The van der Waals surface area contributed by atoms with Gasteiger partial charge in [-0.3, -0.25) is 4.79 Å². The fourth-order valence-corrected chi connectivity index (χ4v) is 2.17. The van der Waals surface area contributed by atoms with Gasteiger partial charge in [0, 0.05) is 12.2 Å². The summed E-state index contributed by atoms with van der Waals surface area (Å²) in [4.78, 5) is 14.1. The predicted octanol–water partition coefficient (Wildman–Crippen LogP) is 3.16. The lowest BCUT2D eigenvalue weighted by atomic mass is 10.2. The molecule has 0 fully saturated rings. The van der Waals surface area contributed by atoms with Crippen LogP contribution in [0.15, 0.2) is 54.6 Å². The molecule has 0 atom stereocenters. The maximum atomic E-state index is 12.4. The molecule has 0 bridgehead atoms. The van der Waals surface area contributed by atoms with Gasteiger partial charge in [-0.2, -0.15) is 0 Å². The summed E-state index contributed by atoms with van der Waals surface area (Å²) >= 11 is 0. The van der Waals surface area contributed by atoms with Crippen LogP contribution in [0.1, 0.15) is 6.92 Å². The molecule has 0 aliphatic carbocycles.